The summed E-state index contributed by atoms with van der Waals surface area (Å²) in [6, 6.07) is 5.67. The van der Waals surface area contributed by atoms with Crippen molar-refractivity contribution in [3.05, 3.63) is 29.7 Å². The Morgan fingerprint density at radius 2 is 2.20 bits per heavy atom. The van der Waals surface area contributed by atoms with Crippen LogP contribution >= 0.6 is 0 Å². The minimum atomic E-state index is -1.04. The molecule has 3 N–H and O–H groups in total. The normalized spacial score (nSPS) is 12.4. The van der Waals surface area contributed by atoms with Crippen molar-refractivity contribution in [3.63, 3.8) is 0 Å². The van der Waals surface area contributed by atoms with E-state index in [1.54, 1.807) is 0 Å². The highest BCUT2D eigenvalue weighted by Crippen LogP contribution is 2.19. The van der Waals surface area contributed by atoms with E-state index in [9.17, 15) is 9.59 Å². The quantitative estimate of drug-likeness (QED) is 0.834. The van der Waals surface area contributed by atoms with Crippen molar-refractivity contribution in [2.45, 2.75) is 26.2 Å². The van der Waals surface area contributed by atoms with Crippen LogP contribution < -0.4 is 5.73 Å². The standard InChI is InChI=1S/C14H16N2O4/c1-8-2-4-11-10(6-8)16-12(20-11)5-3-9(14(15)19)7-13(17)18/h2,4,6,9H,3,5,7H2,1H3,(H2,15,19)(H,17,18). The second-order valence-corrected chi connectivity index (χ2v) is 4.81. The molecule has 106 valence electrons. The molecule has 0 aliphatic heterocycles. The molecule has 0 saturated carbocycles. The van der Waals surface area contributed by atoms with Crippen LogP contribution in [-0.2, 0) is 16.0 Å². The van der Waals surface area contributed by atoms with Crippen LogP contribution in [0.2, 0.25) is 0 Å². The predicted octanol–water partition coefficient (Wildman–Crippen LogP) is 1.65. The van der Waals surface area contributed by atoms with E-state index in [1.165, 1.54) is 0 Å². The van der Waals surface area contributed by atoms with E-state index >= 15 is 0 Å². The third-order valence-corrected chi connectivity index (χ3v) is 3.12. The van der Waals surface area contributed by atoms with Crippen LogP contribution in [0.3, 0.4) is 0 Å². The van der Waals surface area contributed by atoms with Gasteiger partial charge in [0.15, 0.2) is 11.5 Å². The number of aromatic nitrogens is 1. The monoisotopic (exact) mass is 276 g/mol. The molecule has 2 rings (SSSR count). The van der Waals surface area contributed by atoms with Crippen LogP contribution in [0.15, 0.2) is 22.6 Å². The van der Waals surface area contributed by atoms with E-state index in [4.69, 9.17) is 15.3 Å². The molecule has 0 bridgehead atoms. The third-order valence-electron chi connectivity index (χ3n) is 3.12. The number of carbonyl (C=O) groups is 2. The van der Waals surface area contributed by atoms with Gasteiger partial charge in [0, 0.05) is 12.3 Å². The summed E-state index contributed by atoms with van der Waals surface area (Å²) < 4.78 is 5.55. The van der Waals surface area contributed by atoms with Crippen molar-refractivity contribution in [1.29, 1.82) is 0 Å². The average Bonchev–Trinajstić information content (AvgIpc) is 2.75. The molecule has 1 amide bonds. The molecular weight excluding hydrogens is 260 g/mol. The van der Waals surface area contributed by atoms with Gasteiger partial charge in [0.25, 0.3) is 0 Å². The average molecular weight is 276 g/mol. The molecule has 1 aromatic carbocycles. The number of benzene rings is 1. The van der Waals surface area contributed by atoms with E-state index < -0.39 is 17.8 Å². The van der Waals surface area contributed by atoms with E-state index in [-0.39, 0.29) is 6.42 Å². The maximum Gasteiger partial charge on any atom is 0.304 e. The second kappa shape index (κ2) is 5.73. The van der Waals surface area contributed by atoms with E-state index in [0.29, 0.717) is 24.3 Å². The molecule has 6 nitrogen and oxygen atoms in total. The van der Waals surface area contributed by atoms with Gasteiger partial charge in [-0.2, -0.15) is 0 Å². The maximum atomic E-state index is 11.2. The Kier molecular flexibility index (Phi) is 4.02. The highest BCUT2D eigenvalue weighted by molar-refractivity contribution is 5.81. The SMILES string of the molecule is Cc1ccc2oc(CCC(CC(=O)O)C(N)=O)nc2c1. The zero-order chi connectivity index (χ0) is 14.7. The lowest BCUT2D eigenvalue weighted by Crippen LogP contribution is -2.26. The summed E-state index contributed by atoms with van der Waals surface area (Å²) in [5, 5.41) is 8.73. The highest BCUT2D eigenvalue weighted by atomic mass is 16.4. The van der Waals surface area contributed by atoms with Gasteiger partial charge in [-0.05, 0) is 31.0 Å². The molecule has 1 aromatic heterocycles. The van der Waals surface area contributed by atoms with Crippen molar-refractivity contribution in [3.8, 4) is 0 Å². The summed E-state index contributed by atoms with van der Waals surface area (Å²) >= 11 is 0. The number of aryl methyl sites for hydroxylation is 2. The van der Waals surface area contributed by atoms with Gasteiger partial charge in [0.1, 0.15) is 5.52 Å². The molecule has 2 aromatic rings. The number of primary amides is 1. The van der Waals surface area contributed by atoms with Gasteiger partial charge in [-0.3, -0.25) is 9.59 Å². The number of carboxylic acid groups (broad SMARTS) is 1. The Bertz CT molecular complexity index is 648. The third kappa shape index (κ3) is 3.34. The molecule has 20 heavy (non-hydrogen) atoms. The number of nitrogens with two attached hydrogens (primary N) is 1. The lowest BCUT2D eigenvalue weighted by atomic mass is 9.99. The van der Waals surface area contributed by atoms with Crippen molar-refractivity contribution < 1.29 is 19.1 Å². The fourth-order valence-electron chi connectivity index (χ4n) is 2.05. The summed E-state index contributed by atoms with van der Waals surface area (Å²) in [6.45, 7) is 1.96. The number of hydrogen-bond donors (Lipinski definition) is 2. The number of fused-ring (bicyclic) bond motifs is 1. The number of nitrogens with zero attached hydrogens (tertiary/aromatic N) is 1. The number of rotatable bonds is 6. The van der Waals surface area contributed by atoms with Crippen molar-refractivity contribution in [2.24, 2.45) is 11.7 Å². The van der Waals surface area contributed by atoms with Crippen molar-refractivity contribution >= 4 is 23.0 Å². The van der Waals surface area contributed by atoms with Gasteiger partial charge in [-0.15, -0.1) is 0 Å². The van der Waals surface area contributed by atoms with E-state index in [2.05, 4.69) is 4.98 Å². The summed E-state index contributed by atoms with van der Waals surface area (Å²) in [4.78, 5) is 26.2. The Balaban J connectivity index is 2.07. The first-order valence-electron chi connectivity index (χ1n) is 6.33. The van der Waals surface area contributed by atoms with Crippen LogP contribution in [0.4, 0.5) is 0 Å². The molecule has 0 spiro atoms. The minimum Gasteiger partial charge on any atom is -0.481 e. The van der Waals surface area contributed by atoms with Gasteiger partial charge in [-0.25, -0.2) is 4.98 Å². The lowest BCUT2D eigenvalue weighted by molar-refractivity contribution is -0.140. The Morgan fingerprint density at radius 1 is 1.45 bits per heavy atom. The summed E-state index contributed by atoms with van der Waals surface area (Å²) in [5.41, 5.74) is 7.71. The van der Waals surface area contributed by atoms with E-state index in [0.717, 1.165) is 11.1 Å². The fraction of sp³-hybridized carbons (Fsp3) is 0.357. The van der Waals surface area contributed by atoms with Gasteiger partial charge in [-0.1, -0.05) is 6.07 Å². The van der Waals surface area contributed by atoms with Crippen LogP contribution in [0.5, 0.6) is 0 Å². The number of amides is 1. The minimum absolute atomic E-state index is 0.269. The Hall–Kier alpha value is -2.37. The Labute approximate surface area is 115 Å². The van der Waals surface area contributed by atoms with Gasteiger partial charge < -0.3 is 15.3 Å². The first-order chi connectivity index (χ1) is 9.45. The first-order valence-corrected chi connectivity index (χ1v) is 6.33. The van der Waals surface area contributed by atoms with Gasteiger partial charge in [0.05, 0.1) is 6.42 Å². The van der Waals surface area contributed by atoms with Gasteiger partial charge in [0.2, 0.25) is 5.91 Å². The molecule has 0 aliphatic rings. The number of carboxylic acids is 1. The van der Waals surface area contributed by atoms with Crippen molar-refractivity contribution in [1.82, 2.24) is 4.98 Å². The number of aliphatic carboxylic acids is 1. The zero-order valence-corrected chi connectivity index (χ0v) is 11.1. The number of oxazole rings is 1. The molecule has 1 unspecified atom stereocenters. The molecule has 1 heterocycles. The van der Waals surface area contributed by atoms with E-state index in [1.807, 2.05) is 25.1 Å². The largest absolute Gasteiger partial charge is 0.481 e. The zero-order valence-electron chi connectivity index (χ0n) is 11.1. The number of hydrogen-bond acceptors (Lipinski definition) is 4. The van der Waals surface area contributed by atoms with Crippen molar-refractivity contribution in [2.75, 3.05) is 0 Å². The molecule has 0 fully saturated rings. The summed E-state index contributed by atoms with van der Waals surface area (Å²) in [7, 11) is 0. The highest BCUT2D eigenvalue weighted by Gasteiger charge is 2.20. The second-order valence-electron chi connectivity index (χ2n) is 4.81. The molecule has 0 saturated heterocycles. The Morgan fingerprint density at radius 3 is 2.85 bits per heavy atom. The first kappa shape index (κ1) is 14.0. The molecular formula is C14H16N2O4. The maximum absolute atomic E-state index is 11.2. The lowest BCUT2D eigenvalue weighted by Gasteiger charge is -2.08. The van der Waals surface area contributed by atoms with Gasteiger partial charge >= 0.3 is 5.97 Å². The predicted molar refractivity (Wildman–Crippen MR) is 72.0 cm³/mol. The summed E-state index contributed by atoms with van der Waals surface area (Å²) in [5.74, 6) is -1.87. The number of carbonyl (C=O) groups excluding carboxylic acids is 1. The van der Waals surface area contributed by atoms with Crippen LogP contribution in [0.1, 0.15) is 24.3 Å². The van der Waals surface area contributed by atoms with Crippen LogP contribution in [0, 0.1) is 12.8 Å². The smallest absolute Gasteiger partial charge is 0.304 e. The molecule has 6 heteroatoms. The van der Waals surface area contributed by atoms with Crippen LogP contribution in [-0.4, -0.2) is 22.0 Å². The molecule has 0 aliphatic carbocycles. The summed E-state index contributed by atoms with van der Waals surface area (Å²) in [6.07, 6.45) is 0.427. The molecule has 0 radical (unpaired) electrons. The van der Waals surface area contributed by atoms with Crippen LogP contribution in [0.25, 0.3) is 11.1 Å². The fourth-order valence-corrected chi connectivity index (χ4v) is 2.05. The molecule has 1 atom stereocenters. The topological polar surface area (TPSA) is 106 Å².